The Morgan fingerprint density at radius 2 is 2.30 bits per heavy atom. The van der Waals surface area contributed by atoms with E-state index in [0.717, 1.165) is 24.8 Å². The van der Waals surface area contributed by atoms with Gasteiger partial charge in [0.1, 0.15) is 0 Å². The number of halogens is 1. The van der Waals surface area contributed by atoms with E-state index in [1.807, 2.05) is 13.0 Å². The minimum Gasteiger partial charge on any atom is -0.118 e. The van der Waals surface area contributed by atoms with Gasteiger partial charge in [0.15, 0.2) is 0 Å². The van der Waals surface area contributed by atoms with Crippen molar-refractivity contribution in [2.24, 2.45) is 0 Å². The van der Waals surface area contributed by atoms with Crippen molar-refractivity contribution >= 4 is 11.6 Å². The van der Waals surface area contributed by atoms with E-state index in [1.165, 1.54) is 0 Å². The molecule has 0 aliphatic rings. The van der Waals surface area contributed by atoms with Crippen LogP contribution in [0.4, 0.5) is 0 Å². The molecular formula is C9H15Cl. The number of hydrogen-bond acceptors (Lipinski definition) is 0. The quantitative estimate of drug-likeness (QED) is 0.326. The summed E-state index contributed by atoms with van der Waals surface area (Å²) in [7, 11) is 0. The summed E-state index contributed by atoms with van der Waals surface area (Å²) in [6.45, 7) is 9.38. The molecule has 58 valence electrons. The molecule has 0 spiro atoms. The van der Waals surface area contributed by atoms with Crippen LogP contribution in [0, 0.1) is 0 Å². The van der Waals surface area contributed by atoms with Gasteiger partial charge in [-0.15, -0.1) is 18.2 Å². The second kappa shape index (κ2) is 5.55. The minimum atomic E-state index is 0.153. The molecule has 0 amide bonds. The van der Waals surface area contributed by atoms with Gasteiger partial charge in [-0.25, -0.2) is 0 Å². The average molecular weight is 159 g/mol. The van der Waals surface area contributed by atoms with Gasteiger partial charge >= 0.3 is 0 Å². The molecule has 0 aromatic rings. The van der Waals surface area contributed by atoms with Crippen LogP contribution < -0.4 is 0 Å². The number of rotatable bonds is 5. The third-order valence-corrected chi connectivity index (χ3v) is 1.99. The van der Waals surface area contributed by atoms with E-state index in [9.17, 15) is 0 Å². The molecule has 0 fully saturated rings. The monoisotopic (exact) mass is 158 g/mol. The highest BCUT2D eigenvalue weighted by Crippen LogP contribution is 2.14. The van der Waals surface area contributed by atoms with Crippen molar-refractivity contribution in [1.29, 1.82) is 0 Å². The third-order valence-electron chi connectivity index (χ3n) is 1.40. The first-order valence-electron chi connectivity index (χ1n) is 3.59. The van der Waals surface area contributed by atoms with Crippen LogP contribution in [0.5, 0.6) is 0 Å². The van der Waals surface area contributed by atoms with Crippen molar-refractivity contribution in [3.63, 3.8) is 0 Å². The van der Waals surface area contributed by atoms with Crippen molar-refractivity contribution in [2.45, 2.75) is 31.6 Å². The zero-order valence-corrected chi connectivity index (χ0v) is 7.32. The Labute approximate surface area is 68.6 Å². The fraction of sp³-hybridized carbons (Fsp3) is 0.556. The molecule has 0 saturated heterocycles. The van der Waals surface area contributed by atoms with E-state index in [0.29, 0.717) is 0 Å². The molecule has 10 heavy (non-hydrogen) atoms. The fourth-order valence-electron chi connectivity index (χ4n) is 0.688. The lowest BCUT2D eigenvalue weighted by Gasteiger charge is -2.06. The Morgan fingerprint density at radius 1 is 1.70 bits per heavy atom. The van der Waals surface area contributed by atoms with Crippen LogP contribution in [0.15, 0.2) is 24.8 Å². The van der Waals surface area contributed by atoms with E-state index < -0.39 is 0 Å². The van der Waals surface area contributed by atoms with Crippen LogP contribution in [0.3, 0.4) is 0 Å². The maximum absolute atomic E-state index is 5.92. The molecule has 1 unspecified atom stereocenters. The third kappa shape index (κ3) is 4.63. The smallest absolute Gasteiger partial charge is 0.0540 e. The maximum atomic E-state index is 5.92. The molecule has 1 atom stereocenters. The fourth-order valence-corrected chi connectivity index (χ4v) is 0.842. The number of unbranched alkanes of at least 4 members (excludes halogenated alkanes) is 1. The minimum absolute atomic E-state index is 0.153. The van der Waals surface area contributed by atoms with Crippen molar-refractivity contribution < 1.29 is 0 Å². The maximum Gasteiger partial charge on any atom is 0.0540 e. The molecule has 0 N–H and O–H groups in total. The Kier molecular flexibility index (Phi) is 5.42. The Morgan fingerprint density at radius 3 is 2.70 bits per heavy atom. The Balaban J connectivity index is 3.30. The van der Waals surface area contributed by atoms with Gasteiger partial charge in [-0.2, -0.15) is 0 Å². The molecular weight excluding hydrogens is 144 g/mol. The van der Waals surface area contributed by atoms with Gasteiger partial charge in [0.2, 0.25) is 0 Å². The molecule has 0 saturated carbocycles. The van der Waals surface area contributed by atoms with Crippen molar-refractivity contribution in [1.82, 2.24) is 0 Å². The Hall–Kier alpha value is -0.230. The van der Waals surface area contributed by atoms with E-state index >= 15 is 0 Å². The first-order valence-corrected chi connectivity index (χ1v) is 4.02. The second-order valence-electron chi connectivity index (χ2n) is 2.53. The molecule has 0 radical (unpaired) electrons. The van der Waals surface area contributed by atoms with Crippen LogP contribution in [0.25, 0.3) is 0 Å². The van der Waals surface area contributed by atoms with Gasteiger partial charge in [-0.1, -0.05) is 18.2 Å². The predicted octanol–water partition coefficient (Wildman–Crippen LogP) is 3.53. The second-order valence-corrected chi connectivity index (χ2v) is 3.06. The number of allylic oxidation sites excluding steroid dienone is 2. The summed E-state index contributed by atoms with van der Waals surface area (Å²) in [5.41, 5.74) is 1.06. The summed E-state index contributed by atoms with van der Waals surface area (Å²) in [6.07, 6.45) is 5.10. The summed E-state index contributed by atoms with van der Waals surface area (Å²) in [6, 6.07) is 0. The molecule has 0 aliphatic carbocycles. The van der Waals surface area contributed by atoms with E-state index in [1.54, 1.807) is 0 Å². The van der Waals surface area contributed by atoms with Crippen molar-refractivity contribution in [3.05, 3.63) is 24.8 Å². The molecule has 0 bridgehead atoms. The SMILES string of the molecule is C=CCCCC(Cl)C(=C)C. The van der Waals surface area contributed by atoms with Crippen LogP contribution in [-0.2, 0) is 0 Å². The van der Waals surface area contributed by atoms with Crippen LogP contribution in [0.1, 0.15) is 26.2 Å². The highest BCUT2D eigenvalue weighted by atomic mass is 35.5. The molecule has 0 aliphatic heterocycles. The average Bonchev–Trinajstić information content (AvgIpc) is 1.88. The zero-order chi connectivity index (χ0) is 7.98. The van der Waals surface area contributed by atoms with Crippen molar-refractivity contribution in [3.8, 4) is 0 Å². The molecule has 0 aromatic carbocycles. The summed E-state index contributed by atoms with van der Waals surface area (Å²) in [5, 5.41) is 0.153. The summed E-state index contributed by atoms with van der Waals surface area (Å²) < 4.78 is 0. The van der Waals surface area contributed by atoms with Gasteiger partial charge in [0.25, 0.3) is 0 Å². The van der Waals surface area contributed by atoms with Gasteiger partial charge in [-0.3, -0.25) is 0 Å². The van der Waals surface area contributed by atoms with Crippen molar-refractivity contribution in [2.75, 3.05) is 0 Å². The molecule has 0 heterocycles. The molecule has 0 rings (SSSR count). The van der Waals surface area contributed by atoms with E-state index in [2.05, 4.69) is 13.2 Å². The Bertz CT molecular complexity index is 116. The van der Waals surface area contributed by atoms with Crippen LogP contribution in [0.2, 0.25) is 0 Å². The van der Waals surface area contributed by atoms with E-state index in [4.69, 9.17) is 11.6 Å². The summed E-state index contributed by atoms with van der Waals surface area (Å²) >= 11 is 5.92. The zero-order valence-electron chi connectivity index (χ0n) is 6.57. The molecule has 0 aromatic heterocycles. The first-order chi connectivity index (χ1) is 4.68. The van der Waals surface area contributed by atoms with Gasteiger partial charge < -0.3 is 0 Å². The number of hydrogen-bond donors (Lipinski definition) is 0. The topological polar surface area (TPSA) is 0 Å². The molecule has 1 heteroatoms. The lowest BCUT2D eigenvalue weighted by atomic mass is 10.1. The first kappa shape index (κ1) is 9.77. The van der Waals surface area contributed by atoms with Crippen LogP contribution >= 0.6 is 11.6 Å². The lowest BCUT2D eigenvalue weighted by Crippen LogP contribution is -1.97. The largest absolute Gasteiger partial charge is 0.118 e. The predicted molar refractivity (Wildman–Crippen MR) is 48.5 cm³/mol. The van der Waals surface area contributed by atoms with Gasteiger partial charge in [0, 0.05) is 0 Å². The van der Waals surface area contributed by atoms with Gasteiger partial charge in [-0.05, 0) is 26.2 Å². The highest BCUT2D eigenvalue weighted by molar-refractivity contribution is 6.22. The highest BCUT2D eigenvalue weighted by Gasteiger charge is 2.02. The standard InChI is InChI=1S/C9H15Cl/c1-4-5-6-7-9(10)8(2)3/h4,9H,1-2,5-7H2,3H3. The lowest BCUT2D eigenvalue weighted by molar-refractivity contribution is 0.750. The molecule has 0 nitrogen and oxygen atoms in total. The van der Waals surface area contributed by atoms with E-state index in [-0.39, 0.29) is 5.38 Å². The summed E-state index contributed by atoms with van der Waals surface area (Å²) in [4.78, 5) is 0. The number of alkyl halides is 1. The van der Waals surface area contributed by atoms with Gasteiger partial charge in [0.05, 0.1) is 5.38 Å². The normalized spacial score (nSPS) is 12.6. The van der Waals surface area contributed by atoms with Crippen LogP contribution in [-0.4, -0.2) is 5.38 Å². The summed E-state index contributed by atoms with van der Waals surface area (Å²) in [5.74, 6) is 0.